The highest BCUT2D eigenvalue weighted by Crippen LogP contribution is 2.17. The Morgan fingerprint density at radius 1 is 1.33 bits per heavy atom. The van der Waals surface area contributed by atoms with Crippen molar-refractivity contribution in [2.24, 2.45) is 0 Å². The number of hydrogen-bond donors (Lipinski definition) is 1. The van der Waals surface area contributed by atoms with E-state index in [2.05, 4.69) is 20.3 Å². The second-order valence-corrected chi connectivity index (χ2v) is 4.73. The summed E-state index contributed by atoms with van der Waals surface area (Å²) >= 11 is 1.64. The Morgan fingerprint density at radius 2 is 2.17 bits per heavy atom. The zero-order chi connectivity index (χ0) is 13.0. The van der Waals surface area contributed by atoms with Crippen LogP contribution in [0.5, 0.6) is 5.88 Å². The molecule has 2 rings (SSSR count). The summed E-state index contributed by atoms with van der Waals surface area (Å²) in [6.45, 7) is 7.11. The van der Waals surface area contributed by atoms with Crippen LogP contribution in [0.1, 0.15) is 23.3 Å². The summed E-state index contributed by atoms with van der Waals surface area (Å²) < 4.78 is 5.39. The first-order valence-corrected chi connectivity index (χ1v) is 6.68. The lowest BCUT2D eigenvalue weighted by Gasteiger charge is -2.08. The maximum absolute atomic E-state index is 5.39. The van der Waals surface area contributed by atoms with Crippen LogP contribution in [0.15, 0.2) is 11.6 Å². The highest BCUT2D eigenvalue weighted by atomic mass is 32.1. The Kier molecular flexibility index (Phi) is 4.09. The standard InChI is InChI=1S/C12H16N4OS/c1-4-17-12-5-11(15-9(3)16-12)13-6-10-8(2)14-7-18-10/h5,7H,4,6H2,1-3H3,(H,13,15,16). The van der Waals surface area contributed by atoms with E-state index in [0.29, 0.717) is 18.3 Å². The molecule has 0 radical (unpaired) electrons. The fourth-order valence-corrected chi connectivity index (χ4v) is 2.24. The van der Waals surface area contributed by atoms with Gasteiger partial charge in [-0.2, -0.15) is 4.98 Å². The second kappa shape index (κ2) is 5.77. The first kappa shape index (κ1) is 12.8. The lowest BCUT2D eigenvalue weighted by atomic mass is 10.4. The quantitative estimate of drug-likeness (QED) is 0.899. The van der Waals surface area contributed by atoms with E-state index < -0.39 is 0 Å². The molecule has 0 unspecified atom stereocenters. The molecular formula is C12H16N4OS. The molecule has 0 amide bonds. The first-order chi connectivity index (χ1) is 8.69. The molecule has 0 aliphatic carbocycles. The molecule has 0 bridgehead atoms. The van der Waals surface area contributed by atoms with Crippen molar-refractivity contribution in [3.63, 3.8) is 0 Å². The molecule has 18 heavy (non-hydrogen) atoms. The van der Waals surface area contributed by atoms with Crippen molar-refractivity contribution in [2.75, 3.05) is 11.9 Å². The zero-order valence-corrected chi connectivity index (χ0v) is 11.5. The van der Waals surface area contributed by atoms with Gasteiger partial charge in [-0.05, 0) is 20.8 Å². The number of aromatic nitrogens is 3. The summed E-state index contributed by atoms with van der Waals surface area (Å²) in [5, 5.41) is 3.27. The van der Waals surface area contributed by atoms with Gasteiger partial charge in [-0.25, -0.2) is 9.97 Å². The Hall–Kier alpha value is -1.69. The molecule has 0 fully saturated rings. The van der Waals surface area contributed by atoms with E-state index in [4.69, 9.17) is 4.74 Å². The molecule has 0 atom stereocenters. The predicted molar refractivity (Wildman–Crippen MR) is 72.1 cm³/mol. The Morgan fingerprint density at radius 3 is 2.83 bits per heavy atom. The summed E-state index contributed by atoms with van der Waals surface area (Å²) in [4.78, 5) is 14.0. The molecule has 5 nitrogen and oxygen atoms in total. The molecule has 2 aromatic rings. The summed E-state index contributed by atoms with van der Waals surface area (Å²) in [5.41, 5.74) is 2.91. The zero-order valence-electron chi connectivity index (χ0n) is 10.7. The normalized spacial score (nSPS) is 10.4. The van der Waals surface area contributed by atoms with Gasteiger partial charge in [0.05, 0.1) is 24.4 Å². The first-order valence-electron chi connectivity index (χ1n) is 5.80. The monoisotopic (exact) mass is 264 g/mol. The minimum atomic E-state index is 0.601. The maximum Gasteiger partial charge on any atom is 0.218 e. The smallest absolute Gasteiger partial charge is 0.218 e. The van der Waals surface area contributed by atoms with Crippen molar-refractivity contribution in [1.29, 1.82) is 0 Å². The highest BCUT2D eigenvalue weighted by Gasteiger charge is 2.04. The second-order valence-electron chi connectivity index (χ2n) is 3.79. The van der Waals surface area contributed by atoms with E-state index in [1.54, 1.807) is 11.3 Å². The molecule has 0 saturated carbocycles. The molecular weight excluding hydrogens is 248 g/mol. The topological polar surface area (TPSA) is 59.9 Å². The van der Waals surface area contributed by atoms with Gasteiger partial charge in [0.25, 0.3) is 0 Å². The fourth-order valence-electron chi connectivity index (χ4n) is 1.52. The van der Waals surface area contributed by atoms with Gasteiger partial charge in [-0.3, -0.25) is 0 Å². The van der Waals surface area contributed by atoms with E-state index in [0.717, 1.165) is 18.1 Å². The van der Waals surface area contributed by atoms with E-state index in [1.165, 1.54) is 4.88 Å². The molecule has 0 aliphatic heterocycles. The van der Waals surface area contributed by atoms with Crippen molar-refractivity contribution in [2.45, 2.75) is 27.3 Å². The number of thiazole rings is 1. The van der Waals surface area contributed by atoms with Crippen LogP contribution in [0.2, 0.25) is 0 Å². The van der Waals surface area contributed by atoms with Gasteiger partial charge in [-0.1, -0.05) is 0 Å². The largest absolute Gasteiger partial charge is 0.478 e. The molecule has 0 aromatic carbocycles. The SMILES string of the molecule is CCOc1cc(NCc2scnc2C)nc(C)n1. The number of hydrogen-bond acceptors (Lipinski definition) is 6. The van der Waals surface area contributed by atoms with E-state index in [9.17, 15) is 0 Å². The van der Waals surface area contributed by atoms with Crippen LogP contribution in [0.4, 0.5) is 5.82 Å². The van der Waals surface area contributed by atoms with Gasteiger partial charge in [0, 0.05) is 10.9 Å². The van der Waals surface area contributed by atoms with Crippen LogP contribution >= 0.6 is 11.3 Å². The Bertz CT molecular complexity index is 527. The van der Waals surface area contributed by atoms with Gasteiger partial charge in [-0.15, -0.1) is 11.3 Å². The Balaban J connectivity index is 2.07. The van der Waals surface area contributed by atoms with Crippen molar-refractivity contribution >= 4 is 17.2 Å². The summed E-state index contributed by atoms with van der Waals surface area (Å²) in [6, 6.07) is 1.81. The van der Waals surface area contributed by atoms with Gasteiger partial charge < -0.3 is 10.1 Å². The Labute approximate surface area is 110 Å². The number of nitrogens with one attached hydrogen (secondary N) is 1. The third kappa shape index (κ3) is 3.16. The third-order valence-corrected chi connectivity index (χ3v) is 3.32. The molecule has 96 valence electrons. The van der Waals surface area contributed by atoms with Crippen molar-refractivity contribution in [3.05, 3.63) is 28.0 Å². The van der Waals surface area contributed by atoms with Crippen LogP contribution in [-0.4, -0.2) is 21.6 Å². The maximum atomic E-state index is 5.39. The molecule has 0 saturated heterocycles. The molecule has 0 aliphatic rings. The minimum absolute atomic E-state index is 0.601. The number of rotatable bonds is 5. The van der Waals surface area contributed by atoms with Crippen LogP contribution in [0, 0.1) is 13.8 Å². The predicted octanol–water partition coefficient (Wildman–Crippen LogP) is 2.56. The number of ether oxygens (including phenoxy) is 1. The third-order valence-electron chi connectivity index (χ3n) is 2.38. The van der Waals surface area contributed by atoms with Crippen molar-refractivity contribution < 1.29 is 4.74 Å². The van der Waals surface area contributed by atoms with Crippen molar-refractivity contribution in [1.82, 2.24) is 15.0 Å². The number of aryl methyl sites for hydroxylation is 2. The van der Waals surface area contributed by atoms with Gasteiger partial charge >= 0.3 is 0 Å². The molecule has 2 heterocycles. The summed E-state index contributed by atoms with van der Waals surface area (Å²) in [5.74, 6) is 2.08. The van der Waals surface area contributed by atoms with E-state index >= 15 is 0 Å². The average molecular weight is 264 g/mol. The molecule has 6 heteroatoms. The average Bonchev–Trinajstić information content (AvgIpc) is 2.72. The summed E-state index contributed by atoms with van der Waals surface area (Å²) in [6.07, 6.45) is 0. The van der Waals surface area contributed by atoms with Crippen LogP contribution in [0.25, 0.3) is 0 Å². The molecule has 0 spiro atoms. The van der Waals surface area contributed by atoms with Crippen LogP contribution in [0.3, 0.4) is 0 Å². The van der Waals surface area contributed by atoms with E-state index in [1.807, 2.05) is 32.3 Å². The van der Waals surface area contributed by atoms with E-state index in [-0.39, 0.29) is 0 Å². The molecule has 1 N–H and O–H groups in total. The lowest BCUT2D eigenvalue weighted by Crippen LogP contribution is -2.04. The van der Waals surface area contributed by atoms with Gasteiger partial charge in [0.2, 0.25) is 5.88 Å². The van der Waals surface area contributed by atoms with Crippen molar-refractivity contribution in [3.8, 4) is 5.88 Å². The van der Waals surface area contributed by atoms with Gasteiger partial charge in [0.1, 0.15) is 11.6 Å². The highest BCUT2D eigenvalue weighted by molar-refractivity contribution is 7.09. The summed E-state index contributed by atoms with van der Waals surface area (Å²) in [7, 11) is 0. The minimum Gasteiger partial charge on any atom is -0.478 e. The van der Waals surface area contributed by atoms with Crippen LogP contribution < -0.4 is 10.1 Å². The fraction of sp³-hybridized carbons (Fsp3) is 0.417. The number of nitrogens with zero attached hydrogens (tertiary/aromatic N) is 3. The van der Waals surface area contributed by atoms with Crippen LogP contribution in [-0.2, 0) is 6.54 Å². The molecule has 2 aromatic heterocycles. The number of anilines is 1. The lowest BCUT2D eigenvalue weighted by molar-refractivity contribution is 0.325. The van der Waals surface area contributed by atoms with Gasteiger partial charge in [0.15, 0.2) is 0 Å².